The lowest BCUT2D eigenvalue weighted by Crippen LogP contribution is -3.00. The van der Waals surface area contributed by atoms with Crippen LogP contribution in [0, 0.1) is 0 Å². The average molecular weight is 359 g/mol. The highest BCUT2D eigenvalue weighted by Gasteiger charge is 2.16. The van der Waals surface area contributed by atoms with E-state index in [-0.39, 0.29) is 40.1 Å². The van der Waals surface area contributed by atoms with Gasteiger partial charge in [0.05, 0.1) is 21.1 Å². The van der Waals surface area contributed by atoms with Crippen LogP contribution >= 0.6 is 32.9 Å². The minimum absolute atomic E-state index is 0. The molecule has 3 N–H and O–H groups in total. The summed E-state index contributed by atoms with van der Waals surface area (Å²) in [5.41, 5.74) is 0. The highest BCUT2D eigenvalue weighted by Crippen LogP contribution is 2.12. The fourth-order valence-corrected chi connectivity index (χ4v) is 0.548. The Morgan fingerprint density at radius 1 is 1.27 bits per heavy atom. The van der Waals surface area contributed by atoms with Crippen molar-refractivity contribution >= 4 is 32.9 Å². The van der Waals surface area contributed by atoms with Crippen LogP contribution < -0.4 is 23.1 Å². The lowest BCUT2D eigenvalue weighted by atomic mass is 10.4. The molecule has 5 heteroatoms. The van der Waals surface area contributed by atoms with Gasteiger partial charge < -0.3 is 27.6 Å². The van der Waals surface area contributed by atoms with E-state index in [1.54, 1.807) is 0 Å². The molecule has 0 heterocycles. The highest BCUT2D eigenvalue weighted by atomic mass is 79.9. The monoisotopic (exact) mass is 356 g/mol. The summed E-state index contributed by atoms with van der Waals surface area (Å²) in [6.07, 6.45) is 1.18. The number of quaternary nitrogens is 1. The second-order valence-electron chi connectivity index (χ2n) is 2.96. The summed E-state index contributed by atoms with van der Waals surface area (Å²) in [5.74, 6) is 0. The van der Waals surface area contributed by atoms with Gasteiger partial charge in [-0.1, -0.05) is 6.92 Å². The van der Waals surface area contributed by atoms with Crippen LogP contribution in [0.3, 0.4) is 0 Å². The molecule has 11 heavy (non-hydrogen) atoms. The molecule has 0 aromatic heterocycles. The van der Waals surface area contributed by atoms with Crippen molar-refractivity contribution in [2.45, 2.75) is 18.3 Å². The number of alkyl halides is 1. The highest BCUT2D eigenvalue weighted by molar-refractivity contribution is 9.09. The lowest BCUT2D eigenvalue weighted by Gasteiger charge is -2.28. The van der Waals surface area contributed by atoms with E-state index >= 15 is 0 Å². The maximum atomic E-state index is 3.57. The van der Waals surface area contributed by atoms with Crippen molar-refractivity contribution in [3.05, 3.63) is 0 Å². The molecule has 0 amide bonds. The van der Waals surface area contributed by atoms with Crippen LogP contribution in [0.5, 0.6) is 0 Å². The van der Waals surface area contributed by atoms with Gasteiger partial charge in [0.25, 0.3) is 0 Å². The minimum atomic E-state index is 0. The molecular weight excluding hydrogens is 340 g/mol. The molecule has 0 saturated carbocycles. The Morgan fingerprint density at radius 3 is 1.55 bits per heavy atom. The predicted molar refractivity (Wildman–Crippen MR) is 56.4 cm³/mol. The molecule has 1 atom stereocenters. The second-order valence-corrected chi connectivity index (χ2v) is 4.02. The fraction of sp³-hybridized carbons (Fsp3) is 1.00. The number of hydrogen-bond donors (Lipinski definition) is 1. The van der Waals surface area contributed by atoms with Crippen LogP contribution in [0.4, 0.5) is 0 Å². The summed E-state index contributed by atoms with van der Waals surface area (Å²) < 4.78 is 0.997. The van der Waals surface area contributed by atoms with Crippen molar-refractivity contribution in [2.75, 3.05) is 21.1 Å². The first-order valence-electron chi connectivity index (χ1n) is 2.93. The maximum Gasteiger partial charge on any atom is 0.143 e. The smallest absolute Gasteiger partial charge is 0.143 e. The first-order chi connectivity index (χ1) is 3.48. The molecule has 0 aromatic carbocycles. The lowest BCUT2D eigenvalue weighted by molar-refractivity contribution is -0.879. The first-order valence-corrected chi connectivity index (χ1v) is 3.85. The average Bonchev–Trinajstić information content (AvgIpc) is 1.62. The number of halogens is 3. The number of hydrogen-bond acceptors (Lipinski definition) is 1. The van der Waals surface area contributed by atoms with E-state index < -0.39 is 0 Å². The zero-order valence-electron chi connectivity index (χ0n) is 7.60. The van der Waals surface area contributed by atoms with Crippen LogP contribution in [-0.2, 0) is 0 Å². The summed E-state index contributed by atoms with van der Waals surface area (Å²) >= 11 is 3.57. The Morgan fingerprint density at radius 2 is 1.55 bits per heavy atom. The standard InChI is InChI=1S/C6H15BrN.2BrH.H3N/c1-5-6(7)8(2,3)4;;;/h6H,5H2,1-4H3;2*1H;1H3/q+1;;;/p-1. The molecule has 0 saturated heterocycles. The summed E-state index contributed by atoms with van der Waals surface area (Å²) in [6, 6.07) is 0. The van der Waals surface area contributed by atoms with E-state index in [4.69, 9.17) is 0 Å². The Bertz CT molecular complexity index is 72.7. The summed E-state index contributed by atoms with van der Waals surface area (Å²) in [4.78, 5) is 0.600. The largest absolute Gasteiger partial charge is 1.00 e. The molecule has 74 valence electrons. The quantitative estimate of drug-likeness (QED) is 0.406. The Balaban J connectivity index is -0.0000000817. The van der Waals surface area contributed by atoms with Gasteiger partial charge in [0, 0.05) is 6.42 Å². The molecule has 0 aromatic rings. The van der Waals surface area contributed by atoms with Crippen LogP contribution in [0.2, 0.25) is 0 Å². The molecule has 0 aliphatic carbocycles. The summed E-state index contributed by atoms with van der Waals surface area (Å²) in [5, 5.41) is 0. The van der Waals surface area contributed by atoms with E-state index in [0.29, 0.717) is 4.95 Å². The van der Waals surface area contributed by atoms with Gasteiger partial charge in [-0.05, 0) is 15.9 Å². The molecule has 0 radical (unpaired) electrons. The molecule has 0 rings (SSSR count). The normalized spacial score (nSPS) is 11.7. The van der Waals surface area contributed by atoms with Gasteiger partial charge in [0.2, 0.25) is 0 Å². The van der Waals surface area contributed by atoms with Gasteiger partial charge in [-0.25, -0.2) is 0 Å². The second kappa shape index (κ2) is 9.45. The van der Waals surface area contributed by atoms with Gasteiger partial charge in [0.15, 0.2) is 0 Å². The van der Waals surface area contributed by atoms with E-state index in [9.17, 15) is 0 Å². The summed E-state index contributed by atoms with van der Waals surface area (Å²) in [7, 11) is 6.55. The molecule has 0 aliphatic rings. The molecule has 0 aliphatic heterocycles. The van der Waals surface area contributed by atoms with Gasteiger partial charge in [-0.2, -0.15) is 0 Å². The zero-order valence-corrected chi connectivity index (χ0v) is 12.5. The van der Waals surface area contributed by atoms with Crippen molar-refractivity contribution in [1.29, 1.82) is 0 Å². The van der Waals surface area contributed by atoms with E-state index in [1.165, 1.54) is 6.42 Å². The first kappa shape index (κ1) is 22.8. The topological polar surface area (TPSA) is 35.0 Å². The zero-order chi connectivity index (χ0) is 6.78. The molecule has 0 bridgehead atoms. The number of rotatable bonds is 2. The van der Waals surface area contributed by atoms with E-state index in [1.807, 2.05) is 0 Å². The van der Waals surface area contributed by atoms with Crippen molar-refractivity contribution < 1.29 is 21.5 Å². The molecular formula is C6H19Br3N2. The SMILES string of the molecule is Br.CCC(Br)[N+](C)(C)C.N.[Br-]. The van der Waals surface area contributed by atoms with Crippen molar-refractivity contribution in [3.8, 4) is 0 Å². The van der Waals surface area contributed by atoms with Gasteiger partial charge in [-0.15, -0.1) is 17.0 Å². The molecule has 0 fully saturated rings. The maximum absolute atomic E-state index is 3.57. The molecule has 0 spiro atoms. The predicted octanol–water partition coefficient (Wildman–Crippen LogP) is -0.432. The van der Waals surface area contributed by atoms with Crippen molar-refractivity contribution in [1.82, 2.24) is 6.15 Å². The Labute approximate surface area is 99.6 Å². The fourth-order valence-electron chi connectivity index (χ4n) is 0.548. The van der Waals surface area contributed by atoms with Gasteiger partial charge in [0.1, 0.15) is 4.95 Å². The van der Waals surface area contributed by atoms with Crippen molar-refractivity contribution in [3.63, 3.8) is 0 Å². The molecule has 1 unspecified atom stereocenters. The van der Waals surface area contributed by atoms with Crippen LogP contribution in [-0.4, -0.2) is 30.6 Å². The van der Waals surface area contributed by atoms with Gasteiger partial charge in [-0.3, -0.25) is 0 Å². The number of nitrogens with zero attached hydrogens (tertiary/aromatic N) is 1. The van der Waals surface area contributed by atoms with E-state index in [2.05, 4.69) is 44.0 Å². The van der Waals surface area contributed by atoms with Crippen LogP contribution in [0.1, 0.15) is 13.3 Å². The minimum Gasteiger partial charge on any atom is -1.00 e. The Hall–Kier alpha value is 1.36. The Kier molecular flexibility index (Phi) is 19.6. The third-order valence-corrected chi connectivity index (χ3v) is 3.05. The third kappa shape index (κ3) is 11.4. The molecule has 2 nitrogen and oxygen atoms in total. The van der Waals surface area contributed by atoms with Gasteiger partial charge >= 0.3 is 0 Å². The van der Waals surface area contributed by atoms with Crippen molar-refractivity contribution in [2.24, 2.45) is 0 Å². The summed E-state index contributed by atoms with van der Waals surface area (Å²) in [6.45, 7) is 2.18. The van der Waals surface area contributed by atoms with Crippen LogP contribution in [0.15, 0.2) is 0 Å². The van der Waals surface area contributed by atoms with E-state index in [0.717, 1.165) is 4.48 Å². The van der Waals surface area contributed by atoms with Crippen LogP contribution in [0.25, 0.3) is 0 Å². The third-order valence-electron chi connectivity index (χ3n) is 1.18.